The summed E-state index contributed by atoms with van der Waals surface area (Å²) in [6.07, 6.45) is -0.526. The summed E-state index contributed by atoms with van der Waals surface area (Å²) in [5.74, 6) is -0.491. The Balaban J connectivity index is 1.51. The molecule has 2 aromatic carbocycles. The molecule has 0 radical (unpaired) electrons. The molecule has 202 valence electrons. The number of aryl methyl sites for hydroxylation is 1. The number of carbonyl (C=O) groups excluding carboxylic acids is 2. The van der Waals surface area contributed by atoms with E-state index in [1.54, 1.807) is 45.0 Å². The van der Waals surface area contributed by atoms with E-state index in [0.717, 1.165) is 16.7 Å². The summed E-state index contributed by atoms with van der Waals surface area (Å²) in [6, 6.07) is 16.0. The number of fused-ring (bicyclic) bond motifs is 2. The fourth-order valence-electron chi connectivity index (χ4n) is 6.00. The van der Waals surface area contributed by atoms with Gasteiger partial charge in [-0.2, -0.15) is 9.37 Å². The fraction of sp³-hybridized carbons (Fsp3) is 0.429. The number of hydrogen-bond acceptors (Lipinski definition) is 7. The molecule has 2 bridgehead atoms. The van der Waals surface area contributed by atoms with Crippen molar-refractivity contribution in [3.05, 3.63) is 76.9 Å². The molecule has 1 aliphatic carbocycles. The summed E-state index contributed by atoms with van der Waals surface area (Å²) in [6.45, 7) is 7.29. The van der Waals surface area contributed by atoms with Crippen molar-refractivity contribution < 1.29 is 32.3 Å². The Morgan fingerprint density at radius 1 is 0.974 bits per heavy atom. The molecule has 4 aliphatic rings. The first kappa shape index (κ1) is 26.4. The number of hydrogen-bond donors (Lipinski definition) is 0. The van der Waals surface area contributed by atoms with Gasteiger partial charge in [-0.05, 0) is 63.0 Å². The average molecular weight is 541 g/mol. The summed E-state index contributed by atoms with van der Waals surface area (Å²) in [5, 5.41) is 1.18. The number of nitrogens with zero attached hydrogens (tertiary/aromatic N) is 2. The van der Waals surface area contributed by atoms with Crippen LogP contribution in [0, 0.1) is 12.3 Å². The van der Waals surface area contributed by atoms with E-state index < -0.39 is 38.6 Å². The number of amides is 1. The van der Waals surface area contributed by atoms with E-state index in [9.17, 15) is 18.0 Å². The third kappa shape index (κ3) is 3.77. The highest BCUT2D eigenvalue weighted by atomic mass is 32.2. The number of esters is 1. The SMILES string of the molecule is COC(=O)[C@]1(C)C[C@@]2(C)C3=C(CN(S(=O)(=O)c4ccc(C)cc4)C3)[C@@]1(C)ON2C(=O)OCc1ccccc1. The lowest BCUT2D eigenvalue weighted by Gasteiger charge is -2.62. The fourth-order valence-corrected chi connectivity index (χ4v) is 7.38. The normalized spacial score (nSPS) is 28.8. The largest absolute Gasteiger partial charge is 0.469 e. The van der Waals surface area contributed by atoms with Crippen LogP contribution in [0.15, 0.2) is 70.6 Å². The quantitative estimate of drug-likeness (QED) is 0.418. The summed E-state index contributed by atoms with van der Waals surface area (Å²) in [4.78, 5) is 33.1. The highest BCUT2D eigenvalue weighted by Crippen LogP contribution is 2.62. The van der Waals surface area contributed by atoms with Gasteiger partial charge in [0.2, 0.25) is 10.0 Å². The van der Waals surface area contributed by atoms with Crippen molar-refractivity contribution in [2.75, 3.05) is 20.2 Å². The van der Waals surface area contributed by atoms with E-state index in [4.69, 9.17) is 14.3 Å². The van der Waals surface area contributed by atoms with E-state index in [1.807, 2.05) is 37.3 Å². The van der Waals surface area contributed by atoms with Gasteiger partial charge < -0.3 is 9.47 Å². The Labute approximate surface area is 223 Å². The van der Waals surface area contributed by atoms with Gasteiger partial charge in [-0.3, -0.25) is 9.63 Å². The molecular weight excluding hydrogens is 508 g/mol. The van der Waals surface area contributed by atoms with Crippen molar-refractivity contribution in [1.82, 2.24) is 9.37 Å². The van der Waals surface area contributed by atoms with Crippen molar-refractivity contribution in [2.45, 2.75) is 56.8 Å². The van der Waals surface area contributed by atoms with Crippen LogP contribution >= 0.6 is 0 Å². The summed E-state index contributed by atoms with van der Waals surface area (Å²) in [7, 11) is -2.54. The minimum Gasteiger partial charge on any atom is -0.469 e. The maximum absolute atomic E-state index is 13.6. The monoisotopic (exact) mass is 540 g/mol. The lowest BCUT2D eigenvalue weighted by molar-refractivity contribution is -0.322. The second kappa shape index (κ2) is 8.93. The van der Waals surface area contributed by atoms with Crippen LogP contribution in [0.4, 0.5) is 4.79 Å². The molecule has 3 heterocycles. The number of benzene rings is 2. The molecule has 6 rings (SSSR count). The first-order valence-electron chi connectivity index (χ1n) is 12.4. The van der Waals surface area contributed by atoms with Crippen LogP contribution in [0.3, 0.4) is 0 Å². The van der Waals surface area contributed by atoms with Crippen LogP contribution in [0.2, 0.25) is 0 Å². The molecule has 10 heteroatoms. The molecule has 1 amide bonds. The standard InChI is InChI=1S/C28H32N2O7S/c1-19-11-13-21(14-12-19)38(33,34)29-15-22-23(16-29)28(4)26(2,24(31)35-5)18-27(22,3)30(37-28)25(32)36-17-20-9-7-6-8-10-20/h6-14H,15-18H2,1-5H3/t26-,27-,28+/m0/s1. The highest BCUT2D eigenvalue weighted by molar-refractivity contribution is 7.89. The lowest BCUT2D eigenvalue weighted by Crippen LogP contribution is -2.73. The van der Waals surface area contributed by atoms with E-state index in [-0.39, 0.29) is 31.0 Å². The average Bonchev–Trinajstić information content (AvgIpc) is 3.38. The molecule has 2 aromatic rings. The Hall–Kier alpha value is -3.21. The van der Waals surface area contributed by atoms with Gasteiger partial charge in [0.25, 0.3) is 0 Å². The first-order valence-corrected chi connectivity index (χ1v) is 13.9. The predicted octanol–water partition coefficient (Wildman–Crippen LogP) is 3.98. The molecule has 3 aliphatic heterocycles. The van der Waals surface area contributed by atoms with Gasteiger partial charge in [0.1, 0.15) is 17.6 Å². The second-order valence-electron chi connectivity index (χ2n) is 10.8. The number of rotatable bonds is 5. The Kier molecular flexibility index (Phi) is 6.20. The van der Waals surface area contributed by atoms with E-state index in [0.29, 0.717) is 5.57 Å². The summed E-state index contributed by atoms with van der Waals surface area (Å²) in [5.41, 5.74) is -0.475. The zero-order valence-corrected chi connectivity index (χ0v) is 23.0. The molecule has 1 saturated heterocycles. The minimum absolute atomic E-state index is 0.0388. The maximum Gasteiger partial charge on any atom is 0.435 e. The topological polar surface area (TPSA) is 102 Å². The Morgan fingerprint density at radius 2 is 1.61 bits per heavy atom. The molecule has 0 saturated carbocycles. The van der Waals surface area contributed by atoms with Crippen molar-refractivity contribution >= 4 is 22.1 Å². The van der Waals surface area contributed by atoms with Crippen LogP contribution < -0.4 is 0 Å². The van der Waals surface area contributed by atoms with Crippen LogP contribution in [0.5, 0.6) is 0 Å². The molecule has 0 spiro atoms. The number of carbonyl (C=O) groups is 2. The van der Waals surface area contributed by atoms with Gasteiger partial charge in [0, 0.05) is 13.1 Å². The Bertz CT molecular complexity index is 1420. The summed E-state index contributed by atoms with van der Waals surface area (Å²) < 4.78 is 39.4. The van der Waals surface area contributed by atoms with Gasteiger partial charge in [-0.1, -0.05) is 48.0 Å². The number of methoxy groups -OCH3 is 1. The van der Waals surface area contributed by atoms with Crippen LogP contribution in [-0.2, 0) is 35.7 Å². The van der Waals surface area contributed by atoms with Crippen molar-refractivity contribution in [3.8, 4) is 0 Å². The molecule has 0 N–H and O–H groups in total. The van der Waals surface area contributed by atoms with Gasteiger partial charge in [0.05, 0.1) is 17.5 Å². The zero-order valence-electron chi connectivity index (χ0n) is 22.2. The third-order valence-corrected chi connectivity index (χ3v) is 10.2. The minimum atomic E-state index is -3.85. The lowest BCUT2D eigenvalue weighted by atomic mass is 9.56. The number of sulfonamides is 1. The van der Waals surface area contributed by atoms with Crippen LogP contribution in [0.1, 0.15) is 38.3 Å². The van der Waals surface area contributed by atoms with Gasteiger partial charge in [-0.15, -0.1) is 0 Å². The molecule has 0 unspecified atom stereocenters. The van der Waals surface area contributed by atoms with E-state index in [1.165, 1.54) is 16.5 Å². The van der Waals surface area contributed by atoms with Crippen LogP contribution in [-0.4, -0.2) is 61.2 Å². The molecule has 9 nitrogen and oxygen atoms in total. The van der Waals surface area contributed by atoms with E-state index >= 15 is 0 Å². The molecular formula is C28H32N2O7S. The van der Waals surface area contributed by atoms with Crippen LogP contribution in [0.25, 0.3) is 0 Å². The van der Waals surface area contributed by atoms with Gasteiger partial charge >= 0.3 is 12.1 Å². The number of ether oxygens (including phenoxy) is 2. The smallest absolute Gasteiger partial charge is 0.435 e. The predicted molar refractivity (Wildman–Crippen MR) is 138 cm³/mol. The van der Waals surface area contributed by atoms with Crippen molar-refractivity contribution in [1.29, 1.82) is 0 Å². The Morgan fingerprint density at radius 3 is 2.24 bits per heavy atom. The molecule has 1 fully saturated rings. The first-order chi connectivity index (χ1) is 17.9. The molecule has 3 atom stereocenters. The van der Waals surface area contributed by atoms with Gasteiger partial charge in [-0.25, -0.2) is 13.2 Å². The van der Waals surface area contributed by atoms with E-state index in [2.05, 4.69) is 0 Å². The second-order valence-corrected chi connectivity index (χ2v) is 12.7. The van der Waals surface area contributed by atoms with Crippen molar-refractivity contribution in [2.24, 2.45) is 5.41 Å². The third-order valence-electron chi connectivity index (χ3n) is 8.40. The highest BCUT2D eigenvalue weighted by Gasteiger charge is 2.71. The zero-order chi connectivity index (χ0) is 27.5. The maximum atomic E-state index is 13.6. The van der Waals surface area contributed by atoms with Crippen molar-refractivity contribution in [3.63, 3.8) is 0 Å². The summed E-state index contributed by atoms with van der Waals surface area (Å²) >= 11 is 0. The molecule has 0 aromatic heterocycles. The molecule has 38 heavy (non-hydrogen) atoms. The van der Waals surface area contributed by atoms with Gasteiger partial charge in [0.15, 0.2) is 0 Å². The number of hydroxylamine groups is 2.